The number of nitriles is 1. The zero-order chi connectivity index (χ0) is 22.4. The minimum Gasteiger partial charge on any atom is -0.490 e. The number of halogens is 4. The Balaban J connectivity index is 1.95. The van der Waals surface area contributed by atoms with E-state index >= 15 is 0 Å². The van der Waals surface area contributed by atoms with Crippen LogP contribution in [0.25, 0.3) is 11.6 Å². The molecule has 0 aliphatic rings. The number of hydrogen-bond acceptors (Lipinski definition) is 3. The van der Waals surface area contributed by atoms with Crippen molar-refractivity contribution in [1.29, 1.82) is 5.26 Å². The largest absolute Gasteiger partial charge is 0.490 e. The van der Waals surface area contributed by atoms with Crippen LogP contribution in [0.5, 0.6) is 11.5 Å². The normalized spacial score (nSPS) is 11.2. The fraction of sp³-hybridized carbons (Fsp3) is 0.125. The van der Waals surface area contributed by atoms with Crippen LogP contribution in [0.4, 0.5) is 4.39 Å². The third kappa shape index (κ3) is 6.13. The molecule has 0 N–H and O–H groups in total. The Morgan fingerprint density at radius 3 is 2.61 bits per heavy atom. The van der Waals surface area contributed by atoms with Crippen molar-refractivity contribution in [1.82, 2.24) is 0 Å². The smallest absolute Gasteiger partial charge is 0.175 e. The average Bonchev–Trinajstić information content (AvgIpc) is 2.72. The summed E-state index contributed by atoms with van der Waals surface area (Å²) in [6.45, 7) is 2.51. The summed E-state index contributed by atoms with van der Waals surface area (Å²) in [6.07, 6.45) is 1.73. The van der Waals surface area contributed by atoms with Gasteiger partial charge in [0.05, 0.1) is 26.8 Å². The number of hydrogen-bond donors (Lipinski definition) is 0. The fourth-order valence-electron chi connectivity index (χ4n) is 2.90. The predicted molar refractivity (Wildman–Crippen MR) is 131 cm³/mol. The molecule has 0 heterocycles. The summed E-state index contributed by atoms with van der Waals surface area (Å²) in [7, 11) is 0. The Kier molecular flexibility index (Phi) is 8.19. The average molecular weight is 568 g/mol. The van der Waals surface area contributed by atoms with Gasteiger partial charge < -0.3 is 9.47 Å². The van der Waals surface area contributed by atoms with Gasteiger partial charge in [-0.15, -0.1) is 0 Å². The molecule has 0 bridgehead atoms. The minimum atomic E-state index is -0.314. The van der Waals surface area contributed by atoms with E-state index in [2.05, 4.69) is 28.7 Å². The molecule has 3 rings (SSSR count). The van der Waals surface area contributed by atoms with E-state index in [-0.39, 0.29) is 12.4 Å². The molecule has 158 valence electrons. The fourth-order valence-corrected chi connectivity index (χ4v) is 4.19. The summed E-state index contributed by atoms with van der Waals surface area (Å²) in [5.41, 5.74) is 2.46. The highest BCUT2D eigenvalue weighted by atomic mass is 127. The third-order valence-electron chi connectivity index (χ3n) is 4.26. The quantitative estimate of drug-likeness (QED) is 0.166. The molecule has 0 fully saturated rings. The first-order valence-electron chi connectivity index (χ1n) is 9.32. The summed E-state index contributed by atoms with van der Waals surface area (Å²) in [5.74, 6) is 0.787. The summed E-state index contributed by atoms with van der Waals surface area (Å²) >= 11 is 14.4. The van der Waals surface area contributed by atoms with Crippen LogP contribution >= 0.6 is 45.8 Å². The summed E-state index contributed by atoms with van der Waals surface area (Å²) in [5, 5.41) is 10.6. The molecular formula is C24H17Cl2FINO2. The van der Waals surface area contributed by atoms with Crippen LogP contribution in [0.3, 0.4) is 0 Å². The van der Waals surface area contributed by atoms with Crippen molar-refractivity contribution in [3.8, 4) is 17.6 Å². The zero-order valence-electron chi connectivity index (χ0n) is 16.5. The second-order valence-electron chi connectivity index (χ2n) is 6.48. The van der Waals surface area contributed by atoms with Gasteiger partial charge in [0.15, 0.2) is 11.5 Å². The number of benzene rings is 3. The molecule has 0 spiro atoms. The van der Waals surface area contributed by atoms with Gasteiger partial charge in [0.1, 0.15) is 12.4 Å². The molecule has 0 aromatic heterocycles. The molecule has 0 saturated carbocycles. The molecule has 0 atom stereocenters. The van der Waals surface area contributed by atoms with E-state index in [0.717, 1.165) is 9.13 Å². The van der Waals surface area contributed by atoms with Gasteiger partial charge in [-0.05, 0) is 83.1 Å². The van der Waals surface area contributed by atoms with Crippen molar-refractivity contribution in [3.05, 3.63) is 90.7 Å². The molecule has 0 unspecified atom stereocenters. The lowest BCUT2D eigenvalue weighted by Crippen LogP contribution is -2.02. The molecule has 0 aliphatic carbocycles. The van der Waals surface area contributed by atoms with Crippen molar-refractivity contribution in [2.75, 3.05) is 6.61 Å². The lowest BCUT2D eigenvalue weighted by molar-refractivity contribution is 0.267. The van der Waals surface area contributed by atoms with Gasteiger partial charge >= 0.3 is 0 Å². The van der Waals surface area contributed by atoms with Gasteiger partial charge in [-0.1, -0.05) is 41.4 Å². The van der Waals surface area contributed by atoms with Crippen LogP contribution in [0.1, 0.15) is 23.6 Å². The first kappa shape index (κ1) is 23.4. The topological polar surface area (TPSA) is 42.2 Å². The van der Waals surface area contributed by atoms with Crippen molar-refractivity contribution in [2.24, 2.45) is 0 Å². The van der Waals surface area contributed by atoms with Gasteiger partial charge in [0.25, 0.3) is 0 Å². The summed E-state index contributed by atoms with van der Waals surface area (Å²) in [6, 6.07) is 17.1. The van der Waals surface area contributed by atoms with Crippen molar-refractivity contribution in [3.63, 3.8) is 0 Å². The highest BCUT2D eigenvalue weighted by molar-refractivity contribution is 14.1. The Hall–Kier alpha value is -2.27. The van der Waals surface area contributed by atoms with Gasteiger partial charge in [0.2, 0.25) is 0 Å². The molecule has 0 saturated heterocycles. The molecule has 3 nitrogen and oxygen atoms in total. The second kappa shape index (κ2) is 10.9. The minimum absolute atomic E-state index is 0.201. The number of allylic oxidation sites excluding steroid dienone is 1. The standard InChI is InChI=1S/C24H17Cl2FINO2/c1-2-30-23-11-16(8-17(13-29)20-7-6-18(25)12-21(20)26)10-22(28)24(23)31-14-15-4-3-5-19(27)9-15/h3-12H,2,14H2,1H3/b17-8+. The summed E-state index contributed by atoms with van der Waals surface area (Å²) in [4.78, 5) is 0. The van der Waals surface area contributed by atoms with E-state index < -0.39 is 0 Å². The molecule has 3 aromatic rings. The van der Waals surface area contributed by atoms with Crippen LogP contribution in [-0.4, -0.2) is 6.61 Å². The highest BCUT2D eigenvalue weighted by Gasteiger charge is 2.14. The SMILES string of the molecule is CCOc1cc(/C=C(\C#N)c2ccc(Cl)cc2Cl)cc(I)c1OCc1cccc(F)c1. The maximum absolute atomic E-state index is 13.4. The Morgan fingerprint density at radius 2 is 1.94 bits per heavy atom. The Labute approximate surface area is 204 Å². The third-order valence-corrected chi connectivity index (χ3v) is 5.61. The van der Waals surface area contributed by atoms with E-state index in [1.807, 2.05) is 13.0 Å². The first-order valence-corrected chi connectivity index (χ1v) is 11.2. The monoisotopic (exact) mass is 567 g/mol. The van der Waals surface area contributed by atoms with Crippen LogP contribution < -0.4 is 9.47 Å². The lowest BCUT2D eigenvalue weighted by atomic mass is 10.0. The molecule has 31 heavy (non-hydrogen) atoms. The molecule has 0 radical (unpaired) electrons. The van der Waals surface area contributed by atoms with Crippen molar-refractivity contribution >= 4 is 57.4 Å². The van der Waals surface area contributed by atoms with E-state index in [0.29, 0.717) is 44.9 Å². The van der Waals surface area contributed by atoms with Crippen LogP contribution in [0, 0.1) is 20.7 Å². The van der Waals surface area contributed by atoms with Crippen LogP contribution in [0.2, 0.25) is 10.0 Å². The van der Waals surface area contributed by atoms with E-state index in [1.54, 1.807) is 42.5 Å². The zero-order valence-corrected chi connectivity index (χ0v) is 20.1. The molecule has 0 aliphatic heterocycles. The molecular weight excluding hydrogens is 551 g/mol. The van der Waals surface area contributed by atoms with Crippen molar-refractivity contribution in [2.45, 2.75) is 13.5 Å². The van der Waals surface area contributed by atoms with Gasteiger partial charge in [-0.3, -0.25) is 0 Å². The number of rotatable bonds is 7. The molecule has 7 heteroatoms. The van der Waals surface area contributed by atoms with E-state index in [1.165, 1.54) is 12.1 Å². The predicted octanol–water partition coefficient (Wildman–Crippen LogP) is 7.78. The van der Waals surface area contributed by atoms with E-state index in [4.69, 9.17) is 32.7 Å². The molecule has 3 aromatic carbocycles. The first-order chi connectivity index (χ1) is 14.9. The Bertz CT molecular complexity index is 1170. The molecule has 0 amide bonds. The lowest BCUT2D eigenvalue weighted by Gasteiger charge is -2.15. The van der Waals surface area contributed by atoms with Crippen molar-refractivity contribution < 1.29 is 13.9 Å². The van der Waals surface area contributed by atoms with Gasteiger partial charge in [0, 0.05) is 10.6 Å². The Morgan fingerprint density at radius 1 is 1.13 bits per heavy atom. The van der Waals surface area contributed by atoms with Crippen LogP contribution in [-0.2, 0) is 6.61 Å². The van der Waals surface area contributed by atoms with Gasteiger partial charge in [-0.25, -0.2) is 4.39 Å². The highest BCUT2D eigenvalue weighted by Crippen LogP contribution is 2.36. The number of ether oxygens (including phenoxy) is 2. The van der Waals surface area contributed by atoms with Gasteiger partial charge in [-0.2, -0.15) is 5.26 Å². The maximum atomic E-state index is 13.4. The van der Waals surface area contributed by atoms with E-state index in [9.17, 15) is 9.65 Å². The maximum Gasteiger partial charge on any atom is 0.175 e. The van der Waals surface area contributed by atoms with Crippen LogP contribution in [0.15, 0.2) is 54.6 Å². The second-order valence-corrected chi connectivity index (χ2v) is 8.48. The number of nitrogens with zero attached hydrogens (tertiary/aromatic N) is 1. The summed E-state index contributed by atoms with van der Waals surface area (Å²) < 4.78 is 26.0.